The first kappa shape index (κ1) is 24.1. The van der Waals surface area contributed by atoms with Gasteiger partial charge in [0.15, 0.2) is 0 Å². The minimum atomic E-state index is 0.0566. The van der Waals surface area contributed by atoms with Gasteiger partial charge >= 0.3 is 0 Å². The van der Waals surface area contributed by atoms with E-state index in [1.807, 2.05) is 79.5 Å². The first-order valence-corrected chi connectivity index (χ1v) is 12.5. The van der Waals surface area contributed by atoms with Crippen LogP contribution in [-0.4, -0.2) is 36.6 Å². The van der Waals surface area contributed by atoms with E-state index in [9.17, 15) is 4.79 Å². The second-order valence-electron chi connectivity index (χ2n) is 9.43. The standard InChI is InChI=1S/C27H29ClN6O2/c1-17(2)34-27(21(28)15-30-34)22-14-24-32(25(35)11-13-33(24)31-22)16-19-7-9-20(10-8-19)26-23(36-18(3)4)6-5-12-29-26/h5-10,12,14-15,17-18H,11,13,16H2,1-4H3. The van der Waals surface area contributed by atoms with Crippen LogP contribution in [0.3, 0.4) is 0 Å². The Morgan fingerprint density at radius 1 is 1.11 bits per heavy atom. The van der Waals surface area contributed by atoms with Crippen molar-refractivity contribution >= 4 is 23.3 Å². The van der Waals surface area contributed by atoms with Crippen LogP contribution in [0.1, 0.15) is 45.7 Å². The van der Waals surface area contributed by atoms with Crippen molar-refractivity contribution < 1.29 is 9.53 Å². The molecule has 0 saturated carbocycles. The van der Waals surface area contributed by atoms with Gasteiger partial charge in [0.2, 0.25) is 5.91 Å². The Labute approximate surface area is 215 Å². The third-order valence-corrected chi connectivity index (χ3v) is 6.33. The summed E-state index contributed by atoms with van der Waals surface area (Å²) in [5.74, 6) is 1.58. The van der Waals surface area contributed by atoms with Gasteiger partial charge in [-0.3, -0.25) is 19.4 Å². The normalized spacial score (nSPS) is 13.5. The summed E-state index contributed by atoms with van der Waals surface area (Å²) >= 11 is 6.46. The zero-order valence-electron chi connectivity index (χ0n) is 20.8. The monoisotopic (exact) mass is 504 g/mol. The van der Waals surface area contributed by atoms with Crippen LogP contribution < -0.4 is 9.64 Å². The second kappa shape index (κ2) is 9.78. The highest BCUT2D eigenvalue weighted by molar-refractivity contribution is 6.33. The summed E-state index contributed by atoms with van der Waals surface area (Å²) in [7, 11) is 0. The average Bonchev–Trinajstić information content (AvgIpc) is 3.45. The SMILES string of the molecule is CC(C)Oc1cccnc1-c1ccc(CN2C(=O)CCn3nc(-c4c(Cl)cnn4C(C)C)cc32)cc1. The highest BCUT2D eigenvalue weighted by Crippen LogP contribution is 2.34. The maximum atomic E-state index is 12.9. The predicted octanol–water partition coefficient (Wildman–Crippen LogP) is 5.77. The zero-order chi connectivity index (χ0) is 25.4. The number of rotatable bonds is 7. The number of aryl methyl sites for hydroxylation is 1. The van der Waals surface area contributed by atoms with E-state index in [-0.39, 0.29) is 18.1 Å². The Bertz CT molecular complexity index is 1390. The van der Waals surface area contributed by atoms with E-state index >= 15 is 0 Å². The number of ether oxygens (including phenoxy) is 1. The van der Waals surface area contributed by atoms with Gasteiger partial charge in [-0.2, -0.15) is 10.2 Å². The lowest BCUT2D eigenvalue weighted by molar-refractivity contribution is -0.119. The lowest BCUT2D eigenvalue weighted by Gasteiger charge is -2.27. The average molecular weight is 505 g/mol. The zero-order valence-corrected chi connectivity index (χ0v) is 21.6. The minimum Gasteiger partial charge on any atom is -0.489 e. The van der Waals surface area contributed by atoms with E-state index in [4.69, 9.17) is 21.4 Å². The van der Waals surface area contributed by atoms with Gasteiger partial charge in [-0.05, 0) is 45.4 Å². The van der Waals surface area contributed by atoms with Crippen LogP contribution in [0, 0.1) is 0 Å². The molecule has 4 heterocycles. The van der Waals surface area contributed by atoms with Gasteiger partial charge in [-0.25, -0.2) is 4.68 Å². The van der Waals surface area contributed by atoms with Crippen LogP contribution in [0.2, 0.25) is 5.02 Å². The lowest BCUT2D eigenvalue weighted by Crippen LogP contribution is -2.36. The summed E-state index contributed by atoms with van der Waals surface area (Å²) in [6.45, 7) is 9.07. The van der Waals surface area contributed by atoms with Crippen molar-refractivity contribution in [2.24, 2.45) is 0 Å². The summed E-state index contributed by atoms with van der Waals surface area (Å²) in [4.78, 5) is 19.3. The van der Waals surface area contributed by atoms with E-state index in [0.29, 0.717) is 30.2 Å². The molecule has 1 aliphatic heterocycles. The molecule has 1 aromatic carbocycles. The van der Waals surface area contributed by atoms with Crippen molar-refractivity contribution in [3.05, 3.63) is 65.4 Å². The summed E-state index contributed by atoms with van der Waals surface area (Å²) in [5, 5.41) is 9.71. The molecule has 1 aliphatic rings. The van der Waals surface area contributed by atoms with Crippen LogP contribution >= 0.6 is 11.6 Å². The fourth-order valence-electron chi connectivity index (χ4n) is 4.42. The van der Waals surface area contributed by atoms with E-state index < -0.39 is 0 Å². The third kappa shape index (κ3) is 4.60. The van der Waals surface area contributed by atoms with Crippen LogP contribution in [0.25, 0.3) is 22.6 Å². The number of benzene rings is 1. The molecule has 1 amide bonds. The Hall–Kier alpha value is -3.65. The van der Waals surface area contributed by atoms with Gasteiger partial charge < -0.3 is 4.74 Å². The van der Waals surface area contributed by atoms with Crippen LogP contribution in [-0.2, 0) is 17.9 Å². The molecule has 0 unspecified atom stereocenters. The molecular weight excluding hydrogens is 476 g/mol. The predicted molar refractivity (Wildman–Crippen MR) is 140 cm³/mol. The van der Waals surface area contributed by atoms with Crippen molar-refractivity contribution in [3.63, 3.8) is 0 Å². The first-order valence-electron chi connectivity index (χ1n) is 12.1. The molecule has 4 aromatic rings. The van der Waals surface area contributed by atoms with E-state index in [1.165, 1.54) is 0 Å². The molecule has 0 radical (unpaired) electrons. The minimum absolute atomic E-state index is 0.0566. The summed E-state index contributed by atoms with van der Waals surface area (Å²) in [6.07, 6.45) is 3.85. The van der Waals surface area contributed by atoms with Crippen LogP contribution in [0.4, 0.5) is 5.82 Å². The number of carbonyl (C=O) groups is 1. The largest absolute Gasteiger partial charge is 0.489 e. The Morgan fingerprint density at radius 3 is 2.61 bits per heavy atom. The quantitative estimate of drug-likeness (QED) is 0.319. The topological polar surface area (TPSA) is 78.1 Å². The number of pyridine rings is 1. The molecule has 0 N–H and O–H groups in total. The van der Waals surface area contributed by atoms with Crippen molar-refractivity contribution in [1.82, 2.24) is 24.5 Å². The number of halogens is 1. The van der Waals surface area contributed by atoms with Crippen molar-refractivity contribution in [1.29, 1.82) is 0 Å². The Kier molecular flexibility index (Phi) is 6.53. The number of amides is 1. The van der Waals surface area contributed by atoms with E-state index in [1.54, 1.807) is 17.3 Å². The van der Waals surface area contributed by atoms with Gasteiger partial charge in [0.05, 0.1) is 30.4 Å². The van der Waals surface area contributed by atoms with Crippen LogP contribution in [0.5, 0.6) is 5.75 Å². The number of aromatic nitrogens is 5. The molecule has 0 atom stereocenters. The fraction of sp³-hybridized carbons (Fsp3) is 0.333. The van der Waals surface area contributed by atoms with Crippen molar-refractivity contribution in [2.45, 2.75) is 59.4 Å². The fourth-order valence-corrected chi connectivity index (χ4v) is 4.64. The summed E-state index contributed by atoms with van der Waals surface area (Å²) in [5.41, 5.74) is 4.25. The van der Waals surface area contributed by atoms with Crippen molar-refractivity contribution in [2.75, 3.05) is 4.90 Å². The molecule has 0 spiro atoms. The highest BCUT2D eigenvalue weighted by Gasteiger charge is 2.28. The molecule has 9 heteroatoms. The van der Waals surface area contributed by atoms with E-state index in [0.717, 1.165) is 34.1 Å². The number of hydrogen-bond donors (Lipinski definition) is 0. The molecule has 0 aliphatic carbocycles. The molecule has 36 heavy (non-hydrogen) atoms. The summed E-state index contributed by atoms with van der Waals surface area (Å²) in [6, 6.07) is 13.9. The maximum absolute atomic E-state index is 12.9. The molecule has 8 nitrogen and oxygen atoms in total. The summed E-state index contributed by atoms with van der Waals surface area (Å²) < 4.78 is 9.66. The highest BCUT2D eigenvalue weighted by atomic mass is 35.5. The number of hydrogen-bond acceptors (Lipinski definition) is 5. The molecular formula is C27H29ClN6O2. The number of fused-ring (bicyclic) bond motifs is 1. The Morgan fingerprint density at radius 2 is 1.89 bits per heavy atom. The first-order chi connectivity index (χ1) is 17.3. The van der Waals surface area contributed by atoms with E-state index in [2.05, 4.69) is 10.1 Å². The number of anilines is 1. The van der Waals surface area contributed by atoms with Gasteiger partial charge in [0.25, 0.3) is 0 Å². The van der Waals surface area contributed by atoms with Gasteiger partial charge in [0.1, 0.15) is 28.6 Å². The van der Waals surface area contributed by atoms with Crippen molar-refractivity contribution in [3.8, 4) is 28.4 Å². The molecule has 186 valence electrons. The van der Waals surface area contributed by atoms with Gasteiger partial charge in [0, 0.05) is 30.3 Å². The smallest absolute Gasteiger partial charge is 0.230 e. The number of nitrogens with zero attached hydrogens (tertiary/aromatic N) is 6. The molecule has 0 fully saturated rings. The molecule has 5 rings (SSSR count). The second-order valence-corrected chi connectivity index (χ2v) is 9.84. The lowest BCUT2D eigenvalue weighted by atomic mass is 10.1. The number of carbonyl (C=O) groups excluding carboxylic acids is 1. The van der Waals surface area contributed by atoms with Gasteiger partial charge in [-0.1, -0.05) is 35.9 Å². The molecule has 0 bridgehead atoms. The molecule has 3 aromatic heterocycles. The Balaban J connectivity index is 1.42. The third-order valence-electron chi connectivity index (χ3n) is 6.06. The van der Waals surface area contributed by atoms with Crippen LogP contribution in [0.15, 0.2) is 54.9 Å². The van der Waals surface area contributed by atoms with Gasteiger partial charge in [-0.15, -0.1) is 0 Å². The molecule has 0 saturated heterocycles. The maximum Gasteiger partial charge on any atom is 0.230 e.